The van der Waals surface area contributed by atoms with Gasteiger partial charge in [0.25, 0.3) is 0 Å². The molecule has 13 heteroatoms. The number of rotatable bonds is 13. The number of nitrogens with zero attached hydrogens (tertiary/aromatic N) is 4. The van der Waals surface area contributed by atoms with Crippen LogP contribution in [0.2, 0.25) is 0 Å². The fraction of sp³-hybridized carbons (Fsp3) is 0.314. The summed E-state index contributed by atoms with van der Waals surface area (Å²) in [6, 6.07) is 22.5. The van der Waals surface area contributed by atoms with Gasteiger partial charge in [-0.2, -0.15) is 18.2 Å². The van der Waals surface area contributed by atoms with Crippen molar-refractivity contribution in [3.63, 3.8) is 0 Å². The van der Waals surface area contributed by atoms with Crippen molar-refractivity contribution < 1.29 is 36.9 Å². The van der Waals surface area contributed by atoms with Gasteiger partial charge in [-0.1, -0.05) is 90.9 Å². The number of hydrogen-bond donors (Lipinski definition) is 1. The van der Waals surface area contributed by atoms with Gasteiger partial charge in [-0.3, -0.25) is 19.2 Å². The molecular weight excluding hydrogens is 627 g/mol. The SMILES string of the molecule is C[C@H](CNC(=O)CN1C(=O)CN(Cc2ccccc2)C(=O)[C@@H]1Cc1ccccc1)CC(=O)c1noc(Cc2cccc(C(F)(F)F)c2)n1. The molecule has 2 heterocycles. The summed E-state index contributed by atoms with van der Waals surface area (Å²) in [7, 11) is 0. The molecule has 1 N–H and O–H groups in total. The van der Waals surface area contributed by atoms with Crippen molar-refractivity contribution in [3.8, 4) is 0 Å². The van der Waals surface area contributed by atoms with Gasteiger partial charge in [0, 0.05) is 25.9 Å². The van der Waals surface area contributed by atoms with Crippen LogP contribution in [0.5, 0.6) is 0 Å². The summed E-state index contributed by atoms with van der Waals surface area (Å²) in [5.74, 6) is -2.11. The van der Waals surface area contributed by atoms with Crippen LogP contribution in [0.4, 0.5) is 13.2 Å². The van der Waals surface area contributed by atoms with Crippen molar-refractivity contribution in [2.24, 2.45) is 5.92 Å². The van der Waals surface area contributed by atoms with Crippen LogP contribution in [0.3, 0.4) is 0 Å². The normalized spacial score (nSPS) is 15.8. The van der Waals surface area contributed by atoms with Gasteiger partial charge in [0.1, 0.15) is 19.1 Å². The average molecular weight is 662 g/mol. The molecule has 48 heavy (non-hydrogen) atoms. The summed E-state index contributed by atoms with van der Waals surface area (Å²) in [5, 5.41) is 6.42. The first-order valence-electron chi connectivity index (χ1n) is 15.4. The maximum absolute atomic E-state index is 13.7. The lowest BCUT2D eigenvalue weighted by atomic mass is 10.00. The Morgan fingerprint density at radius 3 is 2.31 bits per heavy atom. The highest BCUT2D eigenvalue weighted by Gasteiger charge is 2.40. The molecule has 0 bridgehead atoms. The van der Waals surface area contributed by atoms with E-state index in [1.54, 1.807) is 6.92 Å². The van der Waals surface area contributed by atoms with Crippen LogP contribution in [0.15, 0.2) is 89.5 Å². The van der Waals surface area contributed by atoms with E-state index in [1.807, 2.05) is 60.7 Å². The number of benzene rings is 3. The Kier molecular flexibility index (Phi) is 10.7. The van der Waals surface area contributed by atoms with E-state index < -0.39 is 29.5 Å². The zero-order chi connectivity index (χ0) is 34.3. The number of carbonyl (C=O) groups excluding carboxylic acids is 4. The van der Waals surface area contributed by atoms with Crippen LogP contribution in [-0.4, -0.2) is 69.1 Å². The van der Waals surface area contributed by atoms with Crippen LogP contribution < -0.4 is 5.32 Å². The van der Waals surface area contributed by atoms with Crippen LogP contribution >= 0.6 is 0 Å². The monoisotopic (exact) mass is 661 g/mol. The lowest BCUT2D eigenvalue weighted by Crippen LogP contribution is -2.62. The minimum atomic E-state index is -4.49. The molecule has 0 aliphatic carbocycles. The predicted molar refractivity (Wildman–Crippen MR) is 167 cm³/mol. The molecule has 0 unspecified atom stereocenters. The van der Waals surface area contributed by atoms with E-state index in [1.165, 1.54) is 21.9 Å². The molecule has 2 atom stereocenters. The summed E-state index contributed by atoms with van der Waals surface area (Å²) < 4.78 is 44.2. The zero-order valence-corrected chi connectivity index (χ0v) is 26.2. The topological polar surface area (TPSA) is 126 Å². The van der Waals surface area contributed by atoms with Gasteiger partial charge in [-0.05, 0) is 28.7 Å². The maximum Gasteiger partial charge on any atom is 0.416 e. The van der Waals surface area contributed by atoms with Crippen molar-refractivity contribution in [2.45, 2.75) is 44.9 Å². The van der Waals surface area contributed by atoms with Crippen molar-refractivity contribution in [2.75, 3.05) is 19.6 Å². The van der Waals surface area contributed by atoms with Crippen LogP contribution in [0, 0.1) is 5.92 Å². The van der Waals surface area contributed by atoms with Gasteiger partial charge in [0.05, 0.1) is 12.0 Å². The molecule has 1 saturated heterocycles. The van der Waals surface area contributed by atoms with Crippen LogP contribution in [0.1, 0.15) is 52.1 Å². The second-order valence-corrected chi connectivity index (χ2v) is 11.8. The molecule has 1 aliphatic rings. The number of alkyl halides is 3. The third kappa shape index (κ3) is 8.93. The second-order valence-electron chi connectivity index (χ2n) is 11.8. The fourth-order valence-electron chi connectivity index (χ4n) is 5.47. The number of carbonyl (C=O) groups is 4. The first-order valence-corrected chi connectivity index (χ1v) is 15.4. The molecule has 3 amide bonds. The molecule has 1 fully saturated rings. The molecule has 0 saturated carbocycles. The highest BCUT2D eigenvalue weighted by molar-refractivity contribution is 5.97. The predicted octanol–water partition coefficient (Wildman–Crippen LogP) is 4.49. The van der Waals surface area contributed by atoms with E-state index in [4.69, 9.17) is 4.52 Å². The number of hydrogen-bond acceptors (Lipinski definition) is 7. The maximum atomic E-state index is 13.7. The number of Topliss-reactive ketones (excluding diaryl/α,β-unsaturated/α-hetero) is 1. The number of piperazine rings is 1. The summed E-state index contributed by atoms with van der Waals surface area (Å²) in [4.78, 5) is 59.7. The summed E-state index contributed by atoms with van der Waals surface area (Å²) in [6.45, 7) is 1.62. The van der Waals surface area contributed by atoms with Crippen LogP contribution in [0.25, 0.3) is 0 Å². The highest BCUT2D eigenvalue weighted by atomic mass is 19.4. The largest absolute Gasteiger partial charge is 0.416 e. The van der Waals surface area contributed by atoms with Gasteiger partial charge < -0.3 is 19.6 Å². The van der Waals surface area contributed by atoms with E-state index in [9.17, 15) is 32.3 Å². The van der Waals surface area contributed by atoms with Crippen molar-refractivity contribution >= 4 is 23.5 Å². The minimum Gasteiger partial charge on any atom is -0.354 e. The first-order chi connectivity index (χ1) is 23.0. The lowest BCUT2D eigenvalue weighted by molar-refractivity contribution is -0.157. The van der Waals surface area contributed by atoms with E-state index in [-0.39, 0.29) is 74.9 Å². The van der Waals surface area contributed by atoms with Gasteiger partial charge in [-0.15, -0.1) is 0 Å². The van der Waals surface area contributed by atoms with E-state index >= 15 is 0 Å². The summed E-state index contributed by atoms with van der Waals surface area (Å²) in [5.41, 5.74) is 1.23. The minimum absolute atomic E-state index is 0.00762. The first kappa shape index (κ1) is 34.0. The molecule has 1 aromatic heterocycles. The van der Waals surface area contributed by atoms with Gasteiger partial charge in [0.2, 0.25) is 35.2 Å². The van der Waals surface area contributed by atoms with E-state index in [2.05, 4.69) is 15.5 Å². The molecule has 5 rings (SSSR count). The molecule has 1 aliphatic heterocycles. The number of ketones is 1. The molecular formula is C35H34F3N5O5. The molecule has 10 nitrogen and oxygen atoms in total. The second kappa shape index (κ2) is 15.1. The number of halogens is 3. The summed E-state index contributed by atoms with van der Waals surface area (Å²) in [6.07, 6.45) is -4.38. The smallest absolute Gasteiger partial charge is 0.354 e. The number of aromatic nitrogens is 2. The van der Waals surface area contributed by atoms with Gasteiger partial charge >= 0.3 is 6.18 Å². The zero-order valence-electron chi connectivity index (χ0n) is 26.2. The molecule has 0 radical (unpaired) electrons. The molecule has 3 aromatic carbocycles. The Balaban J connectivity index is 1.15. The van der Waals surface area contributed by atoms with Gasteiger partial charge in [0.15, 0.2) is 0 Å². The molecule has 0 spiro atoms. The third-order valence-electron chi connectivity index (χ3n) is 7.93. The Morgan fingerprint density at radius 2 is 1.62 bits per heavy atom. The average Bonchev–Trinajstić information content (AvgIpc) is 3.53. The lowest BCUT2D eigenvalue weighted by Gasteiger charge is -2.40. The Hall–Kier alpha value is -5.33. The standard InChI is InChI=1S/C35H34F3N5O5/c1-23(15-29(44)33-40-31(48-41-33)18-26-13-8-14-27(16-26)35(36,37)38)19-39-30(45)21-43-28(17-24-9-4-2-5-10-24)34(47)42(22-32(43)46)20-25-11-6-3-7-12-25/h2-14,16,23,28H,15,17-22H2,1H3,(H,39,45)/t23-,28-/m0/s1. The number of amides is 3. The van der Waals surface area contributed by atoms with Gasteiger partial charge in [-0.25, -0.2) is 0 Å². The summed E-state index contributed by atoms with van der Waals surface area (Å²) >= 11 is 0. The fourth-order valence-corrected chi connectivity index (χ4v) is 5.47. The highest BCUT2D eigenvalue weighted by Crippen LogP contribution is 2.30. The van der Waals surface area contributed by atoms with Crippen molar-refractivity contribution in [3.05, 3.63) is 119 Å². The van der Waals surface area contributed by atoms with Crippen molar-refractivity contribution in [1.29, 1.82) is 0 Å². The number of nitrogens with one attached hydrogen (secondary N) is 1. The quantitative estimate of drug-likeness (QED) is 0.210. The Labute approximate surface area is 274 Å². The van der Waals surface area contributed by atoms with Crippen LogP contribution in [-0.2, 0) is 39.9 Å². The van der Waals surface area contributed by atoms with Crippen molar-refractivity contribution in [1.82, 2.24) is 25.3 Å². The Bertz CT molecular complexity index is 1750. The van der Waals surface area contributed by atoms with E-state index in [0.717, 1.165) is 23.3 Å². The molecule has 4 aromatic rings. The third-order valence-corrected chi connectivity index (χ3v) is 7.93. The Morgan fingerprint density at radius 1 is 0.958 bits per heavy atom. The van der Waals surface area contributed by atoms with E-state index in [0.29, 0.717) is 5.56 Å². The molecule has 250 valence electrons.